The number of anilines is 1. The van der Waals surface area contributed by atoms with Crippen LogP contribution in [0.25, 0.3) is 17.0 Å². The molecule has 1 unspecified atom stereocenters. The minimum Gasteiger partial charge on any atom is -0.480 e. The van der Waals surface area contributed by atoms with Gasteiger partial charge in [0.25, 0.3) is 5.78 Å². The third-order valence-electron chi connectivity index (χ3n) is 4.07. The second-order valence-corrected chi connectivity index (χ2v) is 7.26. The molecule has 0 aliphatic heterocycles. The zero-order valence-corrected chi connectivity index (χ0v) is 17.4. The van der Waals surface area contributed by atoms with Crippen molar-refractivity contribution < 1.29 is 14.2 Å². The van der Waals surface area contributed by atoms with E-state index in [1.54, 1.807) is 37.6 Å². The van der Waals surface area contributed by atoms with Crippen molar-refractivity contribution in [1.82, 2.24) is 24.6 Å². The molecule has 10 heteroatoms. The molecule has 3 aromatic heterocycles. The molecule has 2 N–H and O–H groups in total. The molecule has 156 valence electrons. The monoisotopic (exact) mass is 436 g/mol. The number of ether oxygens (including phenoxy) is 1. The molecule has 0 amide bonds. The number of nitrogens with zero attached hydrogens (tertiary/aromatic N) is 5. The minimum atomic E-state index is -0.764. The lowest BCUT2D eigenvalue weighted by atomic mass is 10.2. The van der Waals surface area contributed by atoms with Gasteiger partial charge in [-0.2, -0.15) is 9.61 Å². The van der Waals surface area contributed by atoms with E-state index in [0.29, 0.717) is 34.3 Å². The van der Waals surface area contributed by atoms with E-state index >= 15 is 0 Å². The number of pyridine rings is 1. The molecule has 0 bridgehead atoms. The second kappa shape index (κ2) is 8.99. The van der Waals surface area contributed by atoms with Gasteiger partial charge in [-0.15, -0.1) is 0 Å². The van der Waals surface area contributed by atoms with Gasteiger partial charge in [-0.25, -0.2) is 19.3 Å². The fraction of sp³-hybridized carbons (Fsp3) is 0.143. The van der Waals surface area contributed by atoms with E-state index in [0.717, 1.165) is 4.90 Å². The number of nitrogens with one attached hydrogen (secondary N) is 1. The number of hydrogen-bond donors (Lipinski definition) is 2. The molecule has 0 saturated heterocycles. The van der Waals surface area contributed by atoms with Crippen LogP contribution in [0.1, 0.15) is 12.6 Å². The largest absolute Gasteiger partial charge is 0.480 e. The van der Waals surface area contributed by atoms with Gasteiger partial charge in [0.1, 0.15) is 29.0 Å². The average molecular weight is 436 g/mol. The predicted molar refractivity (Wildman–Crippen MR) is 115 cm³/mol. The van der Waals surface area contributed by atoms with Gasteiger partial charge in [-0.05, 0) is 55.1 Å². The summed E-state index contributed by atoms with van der Waals surface area (Å²) in [6.45, 7) is 1.58. The SMILES string of the molecule is COc1ncc(-c2cnc3ncc(C#CC(C)O)n3n2)cc1NSc1ccc(F)cc1. The molecule has 0 aliphatic carbocycles. The summed E-state index contributed by atoms with van der Waals surface area (Å²) in [6, 6.07) is 7.96. The van der Waals surface area contributed by atoms with E-state index in [-0.39, 0.29) is 5.82 Å². The van der Waals surface area contributed by atoms with Crippen LogP contribution >= 0.6 is 11.9 Å². The number of aliphatic hydroxyl groups is 1. The summed E-state index contributed by atoms with van der Waals surface area (Å²) in [5.74, 6) is 6.01. The van der Waals surface area contributed by atoms with Crippen molar-refractivity contribution in [2.24, 2.45) is 0 Å². The number of halogens is 1. The van der Waals surface area contributed by atoms with Gasteiger partial charge in [0, 0.05) is 16.7 Å². The van der Waals surface area contributed by atoms with E-state index in [4.69, 9.17) is 4.74 Å². The Hall–Kier alpha value is -3.68. The Morgan fingerprint density at radius 2 is 1.94 bits per heavy atom. The van der Waals surface area contributed by atoms with Gasteiger partial charge in [0.05, 0.1) is 19.5 Å². The number of imidazole rings is 1. The highest BCUT2D eigenvalue weighted by molar-refractivity contribution is 8.00. The van der Waals surface area contributed by atoms with Crippen LogP contribution in [-0.2, 0) is 0 Å². The number of aliphatic hydroxyl groups excluding tert-OH is 1. The van der Waals surface area contributed by atoms with Crippen LogP contribution in [0.3, 0.4) is 0 Å². The number of benzene rings is 1. The summed E-state index contributed by atoms with van der Waals surface area (Å²) in [5.41, 5.74) is 2.38. The standard InChI is InChI=1S/C21H17FN6O2S/c1-13(29)3-6-16-11-24-21-25-12-19(26-28(16)21)14-9-18(20(30-2)23-10-14)27-31-17-7-4-15(22)5-8-17/h4-5,7-13,27,29H,1-2H3. The molecule has 1 aromatic carbocycles. The Bertz CT molecular complexity index is 1280. The summed E-state index contributed by atoms with van der Waals surface area (Å²) < 4.78 is 23.1. The van der Waals surface area contributed by atoms with Gasteiger partial charge in [0.15, 0.2) is 0 Å². The van der Waals surface area contributed by atoms with E-state index in [1.807, 2.05) is 6.07 Å². The first-order valence-electron chi connectivity index (χ1n) is 9.16. The maximum absolute atomic E-state index is 13.1. The molecule has 0 saturated carbocycles. The predicted octanol–water partition coefficient (Wildman–Crippen LogP) is 3.19. The van der Waals surface area contributed by atoms with Crippen LogP contribution in [0.5, 0.6) is 5.88 Å². The molecule has 0 spiro atoms. The molecule has 4 aromatic rings. The number of hydrogen-bond acceptors (Lipinski definition) is 8. The lowest BCUT2D eigenvalue weighted by Gasteiger charge is -2.11. The van der Waals surface area contributed by atoms with Crippen LogP contribution in [0.4, 0.5) is 10.1 Å². The smallest absolute Gasteiger partial charge is 0.251 e. The van der Waals surface area contributed by atoms with E-state index in [2.05, 4.69) is 36.6 Å². The highest BCUT2D eigenvalue weighted by Gasteiger charge is 2.12. The fourth-order valence-corrected chi connectivity index (χ4v) is 3.26. The van der Waals surface area contributed by atoms with Gasteiger partial charge in [-0.1, -0.05) is 5.92 Å². The lowest BCUT2D eigenvalue weighted by molar-refractivity contribution is 0.253. The number of methoxy groups -OCH3 is 1. The highest BCUT2D eigenvalue weighted by atomic mass is 32.2. The highest BCUT2D eigenvalue weighted by Crippen LogP contribution is 2.31. The van der Waals surface area contributed by atoms with Crippen LogP contribution < -0.4 is 9.46 Å². The van der Waals surface area contributed by atoms with E-state index in [1.165, 1.54) is 35.7 Å². The Morgan fingerprint density at radius 3 is 2.68 bits per heavy atom. The molecule has 0 aliphatic rings. The molecule has 4 rings (SSSR count). The molecular formula is C21H17FN6O2S. The van der Waals surface area contributed by atoms with Crippen LogP contribution in [-0.4, -0.2) is 42.9 Å². The third-order valence-corrected chi connectivity index (χ3v) is 4.90. The van der Waals surface area contributed by atoms with Crippen LogP contribution in [0, 0.1) is 17.7 Å². The Morgan fingerprint density at radius 1 is 1.16 bits per heavy atom. The lowest BCUT2D eigenvalue weighted by Crippen LogP contribution is -2.01. The van der Waals surface area contributed by atoms with Crippen molar-refractivity contribution in [2.75, 3.05) is 11.8 Å². The van der Waals surface area contributed by atoms with E-state index < -0.39 is 6.10 Å². The van der Waals surface area contributed by atoms with Crippen molar-refractivity contribution in [3.63, 3.8) is 0 Å². The number of fused-ring (bicyclic) bond motifs is 1. The minimum absolute atomic E-state index is 0.295. The summed E-state index contributed by atoms with van der Waals surface area (Å²) in [5, 5.41) is 14.0. The van der Waals surface area contributed by atoms with Crippen LogP contribution in [0.15, 0.2) is 53.8 Å². The molecule has 31 heavy (non-hydrogen) atoms. The number of rotatable bonds is 5. The molecule has 0 fully saturated rings. The topological polar surface area (TPSA) is 97.5 Å². The normalized spacial score (nSPS) is 11.6. The quantitative estimate of drug-likeness (QED) is 0.364. The van der Waals surface area contributed by atoms with Crippen LogP contribution in [0.2, 0.25) is 0 Å². The van der Waals surface area contributed by atoms with E-state index in [9.17, 15) is 9.50 Å². The van der Waals surface area contributed by atoms with Gasteiger partial charge >= 0.3 is 0 Å². The summed E-state index contributed by atoms with van der Waals surface area (Å²) in [4.78, 5) is 13.7. The molecule has 8 nitrogen and oxygen atoms in total. The summed E-state index contributed by atoms with van der Waals surface area (Å²) >= 11 is 1.30. The molecule has 1 atom stereocenters. The van der Waals surface area contributed by atoms with Crippen molar-refractivity contribution in [1.29, 1.82) is 0 Å². The van der Waals surface area contributed by atoms with Gasteiger partial charge in [0.2, 0.25) is 5.88 Å². The Labute approximate surface area is 181 Å². The average Bonchev–Trinajstić information content (AvgIpc) is 3.19. The maximum atomic E-state index is 13.1. The van der Waals surface area contributed by atoms with Crippen molar-refractivity contribution in [2.45, 2.75) is 17.9 Å². The zero-order valence-electron chi connectivity index (χ0n) is 16.6. The maximum Gasteiger partial charge on any atom is 0.251 e. The molecular weight excluding hydrogens is 419 g/mol. The second-order valence-electron chi connectivity index (χ2n) is 6.38. The third kappa shape index (κ3) is 4.74. The first kappa shape index (κ1) is 20.6. The van der Waals surface area contributed by atoms with Gasteiger partial charge < -0.3 is 14.6 Å². The number of aromatic nitrogens is 5. The molecule has 3 heterocycles. The molecule has 0 radical (unpaired) electrons. The first-order valence-corrected chi connectivity index (χ1v) is 9.98. The first-order chi connectivity index (χ1) is 15.0. The van der Waals surface area contributed by atoms with Crippen molar-refractivity contribution in [3.05, 3.63) is 60.4 Å². The fourth-order valence-electron chi connectivity index (χ4n) is 2.62. The zero-order chi connectivity index (χ0) is 21.8. The van der Waals surface area contributed by atoms with Crippen molar-refractivity contribution >= 4 is 23.4 Å². The summed E-state index contributed by atoms with van der Waals surface area (Å²) in [7, 11) is 1.53. The van der Waals surface area contributed by atoms with Crippen molar-refractivity contribution in [3.8, 4) is 29.0 Å². The Kier molecular flexibility index (Phi) is 5.97. The summed E-state index contributed by atoms with van der Waals surface area (Å²) in [6.07, 6.45) is 4.00. The van der Waals surface area contributed by atoms with Gasteiger partial charge in [-0.3, -0.25) is 0 Å². The Balaban J connectivity index is 1.65.